The molecule has 3 rings (SSSR count). The first-order valence-electron chi connectivity index (χ1n) is 9.91. The Hall–Kier alpha value is -3.54. The number of benzene rings is 2. The molecule has 1 heterocycles. The Bertz CT molecular complexity index is 1010. The standard InChI is InChI=1S/C24H26N2O4/c1-4-28-22-13-7-18(16-23(22)29-5-2)6-12-21(27)19-8-10-20(11-9-19)30-17-24-25-14-15-26(24)3/h6-16H,4-5,17H2,1-3H3/b12-6+. The van der Waals surface area contributed by atoms with Gasteiger partial charge in [0.15, 0.2) is 17.3 Å². The van der Waals surface area contributed by atoms with E-state index in [9.17, 15) is 4.79 Å². The molecule has 0 radical (unpaired) electrons. The van der Waals surface area contributed by atoms with Crippen molar-refractivity contribution < 1.29 is 19.0 Å². The van der Waals surface area contributed by atoms with Gasteiger partial charge in [-0.3, -0.25) is 4.79 Å². The second kappa shape index (κ2) is 10.3. The van der Waals surface area contributed by atoms with Crippen LogP contribution in [0.25, 0.3) is 6.08 Å². The second-order valence-electron chi connectivity index (χ2n) is 6.54. The van der Waals surface area contributed by atoms with Crippen molar-refractivity contribution in [1.29, 1.82) is 0 Å². The van der Waals surface area contributed by atoms with Gasteiger partial charge in [-0.05, 0) is 61.9 Å². The minimum atomic E-state index is -0.0857. The summed E-state index contributed by atoms with van der Waals surface area (Å²) >= 11 is 0. The molecule has 2 aromatic carbocycles. The molecule has 6 nitrogen and oxygen atoms in total. The highest BCUT2D eigenvalue weighted by Crippen LogP contribution is 2.29. The summed E-state index contributed by atoms with van der Waals surface area (Å²) in [6.45, 7) is 5.33. The molecular weight excluding hydrogens is 380 g/mol. The summed E-state index contributed by atoms with van der Waals surface area (Å²) in [5, 5.41) is 0. The van der Waals surface area contributed by atoms with Crippen LogP contribution in [0, 0.1) is 0 Å². The first-order valence-corrected chi connectivity index (χ1v) is 9.91. The molecule has 6 heteroatoms. The van der Waals surface area contributed by atoms with Crippen molar-refractivity contribution in [1.82, 2.24) is 9.55 Å². The van der Waals surface area contributed by atoms with Crippen LogP contribution in [0.4, 0.5) is 0 Å². The number of aryl methyl sites for hydroxylation is 1. The van der Waals surface area contributed by atoms with E-state index in [0.29, 0.717) is 42.6 Å². The Kier molecular flexibility index (Phi) is 7.27. The maximum absolute atomic E-state index is 12.5. The number of nitrogens with zero attached hydrogens (tertiary/aromatic N) is 2. The van der Waals surface area contributed by atoms with E-state index in [1.54, 1.807) is 42.6 Å². The Morgan fingerprint density at radius 2 is 1.73 bits per heavy atom. The predicted molar refractivity (Wildman–Crippen MR) is 116 cm³/mol. The average molecular weight is 406 g/mol. The quantitative estimate of drug-likeness (QED) is 0.361. The molecule has 30 heavy (non-hydrogen) atoms. The van der Waals surface area contributed by atoms with Gasteiger partial charge in [0, 0.05) is 25.0 Å². The summed E-state index contributed by atoms with van der Waals surface area (Å²) < 4.78 is 18.8. The predicted octanol–water partition coefficient (Wildman–Crippen LogP) is 4.69. The molecule has 0 N–H and O–H groups in total. The molecule has 0 atom stereocenters. The summed E-state index contributed by atoms with van der Waals surface area (Å²) in [5.41, 5.74) is 1.46. The number of rotatable bonds is 10. The minimum absolute atomic E-state index is 0.0857. The molecule has 0 saturated heterocycles. The fourth-order valence-corrected chi connectivity index (χ4v) is 2.84. The minimum Gasteiger partial charge on any atom is -0.490 e. The zero-order chi connectivity index (χ0) is 21.3. The van der Waals surface area contributed by atoms with Gasteiger partial charge in [-0.2, -0.15) is 0 Å². The number of carbonyl (C=O) groups is 1. The SMILES string of the molecule is CCOc1ccc(/C=C/C(=O)c2ccc(OCc3nccn3C)cc2)cc1OCC. The van der Waals surface area contributed by atoms with Gasteiger partial charge in [0.05, 0.1) is 13.2 Å². The van der Waals surface area contributed by atoms with Crippen molar-refractivity contribution in [2.75, 3.05) is 13.2 Å². The van der Waals surface area contributed by atoms with Gasteiger partial charge >= 0.3 is 0 Å². The van der Waals surface area contributed by atoms with E-state index in [1.165, 1.54) is 0 Å². The molecule has 0 aliphatic carbocycles. The summed E-state index contributed by atoms with van der Waals surface area (Å²) in [6, 6.07) is 12.7. The van der Waals surface area contributed by atoms with Gasteiger partial charge in [0.25, 0.3) is 0 Å². The lowest BCUT2D eigenvalue weighted by molar-refractivity contribution is 0.104. The normalized spacial score (nSPS) is 10.9. The van der Waals surface area contributed by atoms with Crippen molar-refractivity contribution in [2.45, 2.75) is 20.5 Å². The molecule has 0 fully saturated rings. The lowest BCUT2D eigenvalue weighted by Crippen LogP contribution is -2.03. The summed E-state index contributed by atoms with van der Waals surface area (Å²) in [6.07, 6.45) is 6.92. The molecule has 0 amide bonds. The molecular formula is C24H26N2O4. The van der Waals surface area contributed by atoms with E-state index in [-0.39, 0.29) is 5.78 Å². The Morgan fingerprint density at radius 3 is 2.40 bits per heavy atom. The molecule has 3 aromatic rings. The fourth-order valence-electron chi connectivity index (χ4n) is 2.84. The van der Waals surface area contributed by atoms with Crippen molar-refractivity contribution in [3.05, 3.63) is 77.9 Å². The van der Waals surface area contributed by atoms with Crippen LogP contribution in [0.2, 0.25) is 0 Å². The first kappa shape index (κ1) is 21.2. The third-order valence-electron chi connectivity index (χ3n) is 4.42. The number of ether oxygens (including phenoxy) is 3. The number of allylic oxidation sites excluding steroid dienone is 1. The van der Waals surface area contributed by atoms with Crippen LogP contribution < -0.4 is 14.2 Å². The van der Waals surface area contributed by atoms with Crippen molar-refractivity contribution >= 4 is 11.9 Å². The molecule has 0 aliphatic heterocycles. The van der Waals surface area contributed by atoms with Gasteiger partial charge < -0.3 is 18.8 Å². The van der Waals surface area contributed by atoms with Gasteiger partial charge in [0.2, 0.25) is 0 Å². The van der Waals surface area contributed by atoms with E-state index in [2.05, 4.69) is 4.98 Å². The molecule has 0 saturated carbocycles. The summed E-state index contributed by atoms with van der Waals surface area (Å²) in [7, 11) is 1.92. The van der Waals surface area contributed by atoms with E-state index in [1.807, 2.05) is 49.9 Å². The number of aromatic nitrogens is 2. The van der Waals surface area contributed by atoms with Crippen LogP contribution in [-0.2, 0) is 13.7 Å². The first-order chi connectivity index (χ1) is 14.6. The number of imidazole rings is 1. The largest absolute Gasteiger partial charge is 0.490 e. The Balaban J connectivity index is 1.63. The van der Waals surface area contributed by atoms with Gasteiger partial charge in [-0.15, -0.1) is 0 Å². The van der Waals surface area contributed by atoms with E-state index >= 15 is 0 Å². The lowest BCUT2D eigenvalue weighted by atomic mass is 10.1. The zero-order valence-electron chi connectivity index (χ0n) is 17.5. The highest BCUT2D eigenvalue weighted by atomic mass is 16.5. The smallest absolute Gasteiger partial charge is 0.185 e. The van der Waals surface area contributed by atoms with E-state index in [0.717, 1.165) is 11.4 Å². The van der Waals surface area contributed by atoms with Crippen LogP contribution in [0.1, 0.15) is 35.6 Å². The van der Waals surface area contributed by atoms with Crippen LogP contribution >= 0.6 is 0 Å². The number of carbonyl (C=O) groups excluding carboxylic acids is 1. The summed E-state index contributed by atoms with van der Waals surface area (Å²) in [4.78, 5) is 16.7. The van der Waals surface area contributed by atoms with Crippen LogP contribution in [-0.4, -0.2) is 28.5 Å². The average Bonchev–Trinajstić information content (AvgIpc) is 3.17. The zero-order valence-corrected chi connectivity index (χ0v) is 17.5. The number of ketones is 1. The van der Waals surface area contributed by atoms with Crippen molar-refractivity contribution in [2.24, 2.45) is 7.05 Å². The van der Waals surface area contributed by atoms with Gasteiger partial charge in [-0.1, -0.05) is 12.1 Å². The maximum atomic E-state index is 12.5. The topological polar surface area (TPSA) is 62.6 Å². The van der Waals surface area contributed by atoms with Gasteiger partial charge in [-0.25, -0.2) is 4.98 Å². The van der Waals surface area contributed by atoms with Gasteiger partial charge in [0.1, 0.15) is 18.2 Å². The Morgan fingerprint density at radius 1 is 1.00 bits per heavy atom. The van der Waals surface area contributed by atoms with Crippen molar-refractivity contribution in [3.63, 3.8) is 0 Å². The highest BCUT2D eigenvalue weighted by Gasteiger charge is 2.07. The summed E-state index contributed by atoms with van der Waals surface area (Å²) in [5.74, 6) is 2.80. The fraction of sp³-hybridized carbons (Fsp3) is 0.250. The molecule has 0 aliphatic rings. The van der Waals surface area contributed by atoms with E-state index < -0.39 is 0 Å². The number of hydrogen-bond acceptors (Lipinski definition) is 5. The second-order valence-corrected chi connectivity index (χ2v) is 6.54. The molecule has 0 unspecified atom stereocenters. The monoisotopic (exact) mass is 406 g/mol. The number of hydrogen-bond donors (Lipinski definition) is 0. The maximum Gasteiger partial charge on any atom is 0.185 e. The van der Waals surface area contributed by atoms with Crippen LogP contribution in [0.3, 0.4) is 0 Å². The van der Waals surface area contributed by atoms with Crippen LogP contribution in [0.15, 0.2) is 60.9 Å². The van der Waals surface area contributed by atoms with E-state index in [4.69, 9.17) is 14.2 Å². The Labute approximate surface area is 176 Å². The third-order valence-corrected chi connectivity index (χ3v) is 4.42. The third kappa shape index (κ3) is 5.50. The molecule has 0 bridgehead atoms. The van der Waals surface area contributed by atoms with Crippen molar-refractivity contribution in [3.8, 4) is 17.2 Å². The van der Waals surface area contributed by atoms with Crippen LogP contribution in [0.5, 0.6) is 17.2 Å². The molecule has 1 aromatic heterocycles. The highest BCUT2D eigenvalue weighted by molar-refractivity contribution is 6.06. The lowest BCUT2D eigenvalue weighted by Gasteiger charge is -2.11. The molecule has 0 spiro atoms. The molecule has 156 valence electrons.